The normalized spacial score (nSPS) is 10.5. The van der Waals surface area contributed by atoms with Gasteiger partial charge in [0.05, 0.1) is 7.11 Å². The molecule has 0 heterocycles. The van der Waals surface area contributed by atoms with Crippen LogP contribution in [-0.2, 0) is 14.3 Å². The second-order valence-corrected chi connectivity index (χ2v) is 4.17. The van der Waals surface area contributed by atoms with E-state index in [1.807, 2.05) is 38.1 Å². The first-order valence-corrected chi connectivity index (χ1v) is 6.17. The monoisotopic (exact) mass is 261 g/mol. The lowest BCUT2D eigenvalue weighted by molar-refractivity contribution is -0.145. The molecule has 1 aromatic rings. The maximum Gasteiger partial charge on any atom is 0.325 e. The molecule has 0 unspecified atom stereocenters. The number of rotatable bonds is 5. The maximum absolute atomic E-state index is 11.9. The molecule has 0 bridgehead atoms. The lowest BCUT2D eigenvalue weighted by Gasteiger charge is -2.17. The summed E-state index contributed by atoms with van der Waals surface area (Å²) in [5, 5.41) is 0. The topological polar surface area (TPSA) is 46.6 Å². The maximum atomic E-state index is 11.9. The summed E-state index contributed by atoms with van der Waals surface area (Å²) in [6.45, 7) is 4.27. The predicted molar refractivity (Wildman–Crippen MR) is 74.5 cm³/mol. The van der Waals surface area contributed by atoms with E-state index in [0.29, 0.717) is 6.54 Å². The molecule has 0 radical (unpaired) electrons. The Kier molecular flexibility index (Phi) is 5.79. The van der Waals surface area contributed by atoms with Crippen LogP contribution in [-0.4, -0.2) is 37.0 Å². The van der Waals surface area contributed by atoms with E-state index in [-0.39, 0.29) is 12.5 Å². The minimum Gasteiger partial charge on any atom is -0.468 e. The van der Waals surface area contributed by atoms with Crippen LogP contribution in [0.5, 0.6) is 0 Å². The van der Waals surface area contributed by atoms with Crippen LogP contribution in [0.3, 0.4) is 0 Å². The molecule has 0 spiro atoms. The molecule has 0 aliphatic rings. The number of methoxy groups -OCH3 is 1. The number of amides is 1. The summed E-state index contributed by atoms with van der Waals surface area (Å²) in [7, 11) is 1.31. The molecule has 4 heteroatoms. The Hall–Kier alpha value is -2.10. The average Bonchev–Trinajstić information content (AvgIpc) is 2.43. The van der Waals surface area contributed by atoms with E-state index in [4.69, 9.17) is 0 Å². The van der Waals surface area contributed by atoms with Crippen molar-refractivity contribution in [3.05, 3.63) is 41.5 Å². The molecule has 4 nitrogen and oxygen atoms in total. The molecule has 0 aliphatic carbocycles. The van der Waals surface area contributed by atoms with Crippen molar-refractivity contribution in [3.8, 4) is 0 Å². The number of hydrogen-bond donors (Lipinski definition) is 0. The number of likely N-dealkylation sites (N-methyl/N-ethyl adjacent to an activating group) is 1. The Labute approximate surface area is 113 Å². The molecule has 0 aliphatic heterocycles. The molecule has 102 valence electrons. The van der Waals surface area contributed by atoms with Crippen molar-refractivity contribution >= 4 is 18.0 Å². The SMILES string of the molecule is CCN(CC(=O)OC)C(=O)/C=C/c1ccc(C)cc1. The highest BCUT2D eigenvalue weighted by molar-refractivity contribution is 5.93. The third-order valence-electron chi connectivity index (χ3n) is 2.74. The summed E-state index contributed by atoms with van der Waals surface area (Å²) in [4.78, 5) is 24.5. The zero-order valence-corrected chi connectivity index (χ0v) is 11.6. The van der Waals surface area contributed by atoms with Crippen LogP contribution in [0, 0.1) is 6.92 Å². The number of nitrogens with zero attached hydrogens (tertiary/aromatic N) is 1. The van der Waals surface area contributed by atoms with Gasteiger partial charge in [0.1, 0.15) is 6.54 Å². The van der Waals surface area contributed by atoms with Gasteiger partial charge in [0.15, 0.2) is 0 Å². The van der Waals surface area contributed by atoms with Gasteiger partial charge in [0.25, 0.3) is 0 Å². The fourth-order valence-electron chi connectivity index (χ4n) is 1.52. The van der Waals surface area contributed by atoms with Gasteiger partial charge in [0, 0.05) is 12.6 Å². The zero-order chi connectivity index (χ0) is 14.3. The highest BCUT2D eigenvalue weighted by atomic mass is 16.5. The molecular formula is C15H19NO3. The van der Waals surface area contributed by atoms with E-state index in [0.717, 1.165) is 5.56 Å². The van der Waals surface area contributed by atoms with Gasteiger partial charge in [-0.15, -0.1) is 0 Å². The highest BCUT2D eigenvalue weighted by Crippen LogP contribution is 2.05. The molecular weight excluding hydrogens is 242 g/mol. The van der Waals surface area contributed by atoms with E-state index >= 15 is 0 Å². The van der Waals surface area contributed by atoms with Crippen LogP contribution < -0.4 is 0 Å². The van der Waals surface area contributed by atoms with Gasteiger partial charge >= 0.3 is 5.97 Å². The Morgan fingerprint density at radius 2 is 1.89 bits per heavy atom. The lowest BCUT2D eigenvalue weighted by atomic mass is 10.1. The van der Waals surface area contributed by atoms with Crippen molar-refractivity contribution in [1.29, 1.82) is 0 Å². The highest BCUT2D eigenvalue weighted by Gasteiger charge is 2.12. The number of benzene rings is 1. The van der Waals surface area contributed by atoms with Crippen LogP contribution >= 0.6 is 0 Å². The second-order valence-electron chi connectivity index (χ2n) is 4.17. The Morgan fingerprint density at radius 1 is 1.26 bits per heavy atom. The Morgan fingerprint density at radius 3 is 2.42 bits per heavy atom. The molecule has 1 aromatic carbocycles. The summed E-state index contributed by atoms with van der Waals surface area (Å²) < 4.78 is 4.55. The van der Waals surface area contributed by atoms with Gasteiger partial charge < -0.3 is 9.64 Å². The third kappa shape index (κ3) is 4.95. The molecule has 0 aromatic heterocycles. The Bertz CT molecular complexity index is 463. The first-order valence-electron chi connectivity index (χ1n) is 6.17. The molecule has 0 N–H and O–H groups in total. The first-order chi connectivity index (χ1) is 9.06. The molecule has 19 heavy (non-hydrogen) atoms. The van der Waals surface area contributed by atoms with Crippen molar-refractivity contribution in [3.63, 3.8) is 0 Å². The van der Waals surface area contributed by atoms with Gasteiger partial charge in [-0.25, -0.2) is 0 Å². The molecule has 1 rings (SSSR count). The smallest absolute Gasteiger partial charge is 0.325 e. The van der Waals surface area contributed by atoms with E-state index in [9.17, 15) is 9.59 Å². The molecule has 0 saturated carbocycles. The van der Waals surface area contributed by atoms with Gasteiger partial charge in [0.2, 0.25) is 5.91 Å². The van der Waals surface area contributed by atoms with E-state index < -0.39 is 5.97 Å². The summed E-state index contributed by atoms with van der Waals surface area (Å²) >= 11 is 0. The fourth-order valence-corrected chi connectivity index (χ4v) is 1.52. The third-order valence-corrected chi connectivity index (χ3v) is 2.74. The number of ether oxygens (including phenoxy) is 1. The number of aryl methyl sites for hydroxylation is 1. The van der Waals surface area contributed by atoms with E-state index in [2.05, 4.69) is 4.74 Å². The predicted octanol–water partition coefficient (Wildman–Crippen LogP) is 2.03. The minimum atomic E-state index is -0.418. The van der Waals surface area contributed by atoms with Crippen molar-refractivity contribution in [1.82, 2.24) is 4.90 Å². The number of hydrogen-bond acceptors (Lipinski definition) is 3. The van der Waals surface area contributed by atoms with Crippen LogP contribution in [0.2, 0.25) is 0 Å². The number of carbonyl (C=O) groups is 2. The molecule has 1 amide bonds. The zero-order valence-electron chi connectivity index (χ0n) is 11.6. The minimum absolute atomic E-state index is 0.0237. The fraction of sp³-hybridized carbons (Fsp3) is 0.333. The number of esters is 1. The van der Waals surface area contributed by atoms with Crippen molar-refractivity contribution < 1.29 is 14.3 Å². The average molecular weight is 261 g/mol. The molecule has 0 saturated heterocycles. The molecule has 0 fully saturated rings. The van der Waals surface area contributed by atoms with E-state index in [1.165, 1.54) is 23.6 Å². The largest absolute Gasteiger partial charge is 0.468 e. The van der Waals surface area contributed by atoms with Crippen LogP contribution in [0.4, 0.5) is 0 Å². The quantitative estimate of drug-likeness (QED) is 0.602. The van der Waals surface area contributed by atoms with Crippen LogP contribution in [0.15, 0.2) is 30.3 Å². The summed E-state index contributed by atoms with van der Waals surface area (Å²) in [5.74, 6) is -0.618. The van der Waals surface area contributed by atoms with Gasteiger partial charge in [-0.1, -0.05) is 29.8 Å². The number of carbonyl (C=O) groups excluding carboxylic acids is 2. The Balaban J connectivity index is 2.66. The van der Waals surface area contributed by atoms with Crippen molar-refractivity contribution in [2.24, 2.45) is 0 Å². The van der Waals surface area contributed by atoms with Crippen LogP contribution in [0.1, 0.15) is 18.1 Å². The van der Waals surface area contributed by atoms with Gasteiger partial charge in [-0.05, 0) is 25.5 Å². The summed E-state index contributed by atoms with van der Waals surface area (Å²) in [6, 6.07) is 7.85. The van der Waals surface area contributed by atoms with Gasteiger partial charge in [-0.3, -0.25) is 9.59 Å². The second kappa shape index (κ2) is 7.36. The van der Waals surface area contributed by atoms with Crippen molar-refractivity contribution in [2.75, 3.05) is 20.2 Å². The first kappa shape index (κ1) is 15.0. The van der Waals surface area contributed by atoms with Crippen LogP contribution in [0.25, 0.3) is 6.08 Å². The van der Waals surface area contributed by atoms with Crippen molar-refractivity contribution in [2.45, 2.75) is 13.8 Å². The van der Waals surface area contributed by atoms with E-state index in [1.54, 1.807) is 6.08 Å². The summed E-state index contributed by atoms with van der Waals surface area (Å²) in [6.07, 6.45) is 3.21. The lowest BCUT2D eigenvalue weighted by Crippen LogP contribution is -2.34. The standard InChI is InChI=1S/C15H19NO3/c1-4-16(11-15(18)19-3)14(17)10-9-13-7-5-12(2)6-8-13/h5-10H,4,11H2,1-3H3/b10-9+. The summed E-state index contributed by atoms with van der Waals surface area (Å²) in [5.41, 5.74) is 2.12. The molecule has 0 atom stereocenters. The van der Waals surface area contributed by atoms with Gasteiger partial charge in [-0.2, -0.15) is 0 Å².